The van der Waals surface area contributed by atoms with Crippen molar-refractivity contribution in [3.63, 3.8) is 0 Å². The molecule has 2 aliphatic rings. The van der Waals surface area contributed by atoms with Gasteiger partial charge >= 0.3 is 0 Å². The van der Waals surface area contributed by atoms with Crippen LogP contribution in [0, 0.1) is 0 Å². The predicted octanol–water partition coefficient (Wildman–Crippen LogP) is 5.99. The molecule has 0 atom stereocenters. The van der Waals surface area contributed by atoms with Crippen LogP contribution in [0.2, 0.25) is 0 Å². The third-order valence-corrected chi connectivity index (χ3v) is 7.18. The molecule has 0 amide bonds. The number of ketones is 1. The molecule has 4 aromatic rings. The maximum Gasteiger partial charge on any atom is 0.140 e. The van der Waals surface area contributed by atoms with Gasteiger partial charge in [0, 0.05) is 29.7 Å². The molecular weight excluding hydrogens is 436 g/mol. The molecule has 0 spiro atoms. The monoisotopic (exact) mass is 466 g/mol. The summed E-state index contributed by atoms with van der Waals surface area (Å²) in [5.41, 5.74) is 10.4. The minimum absolute atomic E-state index is 0.184. The molecule has 6 heteroatoms. The van der Waals surface area contributed by atoms with Crippen molar-refractivity contribution in [1.82, 2.24) is 19.9 Å². The highest BCUT2D eigenvalue weighted by Crippen LogP contribution is 2.44. The number of aryl methyl sites for hydroxylation is 3. The summed E-state index contributed by atoms with van der Waals surface area (Å²) >= 11 is 0. The normalized spacial score (nSPS) is 13.4. The van der Waals surface area contributed by atoms with Gasteiger partial charge < -0.3 is 14.7 Å². The van der Waals surface area contributed by atoms with Gasteiger partial charge in [0.2, 0.25) is 0 Å². The molecule has 0 bridgehead atoms. The van der Waals surface area contributed by atoms with E-state index in [9.17, 15) is 4.79 Å². The van der Waals surface area contributed by atoms with Gasteiger partial charge in [0.25, 0.3) is 0 Å². The summed E-state index contributed by atoms with van der Waals surface area (Å²) in [6.07, 6.45) is 8.01. The SMILES string of the molecule is CCCCc1nc2c([nH]1)CCc1cc3c(cc1-2)OCc1cc(-c2cnc(CC(=O)CC)[nH]2)ccc1-3. The molecular formula is C29H30N4O2. The first-order valence-corrected chi connectivity index (χ1v) is 12.7. The molecule has 6 nitrogen and oxygen atoms in total. The van der Waals surface area contributed by atoms with E-state index in [-0.39, 0.29) is 5.78 Å². The van der Waals surface area contributed by atoms with Crippen LogP contribution in [-0.4, -0.2) is 25.7 Å². The van der Waals surface area contributed by atoms with E-state index in [1.165, 1.54) is 28.8 Å². The number of unbranched alkanes of at least 4 members (excludes halogenated alkanes) is 1. The number of hydrogen-bond donors (Lipinski definition) is 2. The number of ether oxygens (including phenoxy) is 1. The number of nitrogens with one attached hydrogen (secondary N) is 2. The number of hydrogen-bond acceptors (Lipinski definition) is 4. The maximum absolute atomic E-state index is 11.8. The summed E-state index contributed by atoms with van der Waals surface area (Å²) in [5.74, 6) is 2.93. The number of rotatable bonds is 7. The zero-order valence-electron chi connectivity index (χ0n) is 20.3. The van der Waals surface area contributed by atoms with E-state index in [1.807, 2.05) is 13.1 Å². The Hall–Kier alpha value is -3.67. The number of aromatic amines is 2. The van der Waals surface area contributed by atoms with E-state index in [0.29, 0.717) is 25.3 Å². The standard InChI is InChI=1S/C29H30N4O2/c1-3-5-6-27-31-24-10-8-17-12-23-21-9-7-18(25-15-30-28(32-25)13-20(34)4-2)11-19(21)16-35-26(23)14-22(17)29(24)33-27/h7,9,11-12,14-15H,3-6,8,10,13,16H2,1-2H3,(H,30,32)(H,31,33). The van der Waals surface area contributed by atoms with Crippen LogP contribution in [0.5, 0.6) is 5.75 Å². The molecule has 0 saturated carbocycles. The number of carbonyl (C=O) groups excluding carboxylic acids is 1. The number of nitrogens with zero attached hydrogens (tertiary/aromatic N) is 2. The van der Waals surface area contributed by atoms with E-state index >= 15 is 0 Å². The van der Waals surface area contributed by atoms with Crippen molar-refractivity contribution in [2.45, 2.75) is 65.4 Å². The fraction of sp³-hybridized carbons (Fsp3) is 0.345. The van der Waals surface area contributed by atoms with Gasteiger partial charge in [-0.25, -0.2) is 9.97 Å². The second kappa shape index (κ2) is 8.84. The number of aromatic nitrogens is 4. The Kier molecular flexibility index (Phi) is 5.51. The molecule has 3 heterocycles. The van der Waals surface area contributed by atoms with Crippen molar-refractivity contribution in [2.24, 2.45) is 0 Å². The predicted molar refractivity (Wildman–Crippen MR) is 136 cm³/mol. The molecule has 0 radical (unpaired) electrons. The molecule has 6 rings (SSSR count). The first-order chi connectivity index (χ1) is 17.1. The zero-order chi connectivity index (χ0) is 23.9. The quantitative estimate of drug-likeness (QED) is 0.350. The highest BCUT2D eigenvalue weighted by atomic mass is 16.5. The van der Waals surface area contributed by atoms with Crippen molar-refractivity contribution >= 4 is 5.78 Å². The van der Waals surface area contributed by atoms with Crippen molar-refractivity contribution in [2.75, 3.05) is 0 Å². The minimum Gasteiger partial charge on any atom is -0.488 e. The molecule has 2 aromatic carbocycles. The minimum atomic E-state index is 0.184. The van der Waals surface area contributed by atoms with E-state index < -0.39 is 0 Å². The molecule has 178 valence electrons. The lowest BCUT2D eigenvalue weighted by Crippen LogP contribution is -2.09. The Balaban J connectivity index is 1.32. The van der Waals surface area contributed by atoms with E-state index in [4.69, 9.17) is 9.72 Å². The Morgan fingerprint density at radius 2 is 1.91 bits per heavy atom. The molecule has 0 saturated heterocycles. The number of imidazole rings is 2. The van der Waals surface area contributed by atoms with Crippen molar-refractivity contribution < 1.29 is 9.53 Å². The highest BCUT2D eigenvalue weighted by molar-refractivity contribution is 5.83. The van der Waals surface area contributed by atoms with Crippen LogP contribution in [0.15, 0.2) is 36.5 Å². The maximum atomic E-state index is 11.8. The van der Waals surface area contributed by atoms with Crippen LogP contribution < -0.4 is 4.74 Å². The van der Waals surface area contributed by atoms with Crippen molar-refractivity contribution in [3.8, 4) is 39.4 Å². The Bertz CT molecular complexity index is 1430. The van der Waals surface area contributed by atoms with Crippen LogP contribution in [0.4, 0.5) is 0 Å². The van der Waals surface area contributed by atoms with Crippen LogP contribution in [0.1, 0.15) is 61.6 Å². The number of H-pyrrole nitrogens is 2. The van der Waals surface area contributed by atoms with Gasteiger partial charge in [0.15, 0.2) is 0 Å². The van der Waals surface area contributed by atoms with Gasteiger partial charge in [0.05, 0.1) is 24.0 Å². The first kappa shape index (κ1) is 21.8. The van der Waals surface area contributed by atoms with E-state index in [2.05, 4.69) is 52.2 Å². The summed E-state index contributed by atoms with van der Waals surface area (Å²) in [6, 6.07) is 11.0. The summed E-state index contributed by atoms with van der Waals surface area (Å²) < 4.78 is 6.26. The number of fused-ring (bicyclic) bond motifs is 6. The largest absolute Gasteiger partial charge is 0.488 e. The van der Waals surface area contributed by atoms with Crippen molar-refractivity contribution in [3.05, 3.63) is 65.0 Å². The summed E-state index contributed by atoms with van der Waals surface area (Å²) in [6.45, 7) is 4.62. The summed E-state index contributed by atoms with van der Waals surface area (Å²) in [7, 11) is 0. The highest BCUT2D eigenvalue weighted by Gasteiger charge is 2.26. The van der Waals surface area contributed by atoms with E-state index in [0.717, 1.165) is 65.3 Å². The third-order valence-electron chi connectivity index (χ3n) is 7.18. The van der Waals surface area contributed by atoms with Crippen LogP contribution in [0.25, 0.3) is 33.6 Å². The second-order valence-corrected chi connectivity index (χ2v) is 9.59. The smallest absolute Gasteiger partial charge is 0.140 e. The third kappa shape index (κ3) is 3.97. The van der Waals surface area contributed by atoms with Crippen molar-refractivity contribution in [1.29, 1.82) is 0 Å². The Morgan fingerprint density at radius 1 is 1.00 bits per heavy atom. The van der Waals surface area contributed by atoms with Gasteiger partial charge in [0.1, 0.15) is 29.8 Å². The Labute approximate surface area is 205 Å². The lowest BCUT2D eigenvalue weighted by atomic mass is 9.86. The number of Topliss-reactive ketones (excluding diaryl/α,β-unsaturated/α-hetero) is 1. The van der Waals surface area contributed by atoms with Gasteiger partial charge in [-0.1, -0.05) is 32.4 Å². The number of carbonyl (C=O) groups is 1. The molecule has 0 unspecified atom stereocenters. The molecule has 1 aliphatic heterocycles. The number of benzene rings is 2. The van der Waals surface area contributed by atoms with Gasteiger partial charge in [-0.3, -0.25) is 4.79 Å². The molecule has 1 aliphatic carbocycles. The average molecular weight is 467 g/mol. The van der Waals surface area contributed by atoms with Gasteiger partial charge in [-0.2, -0.15) is 0 Å². The summed E-state index contributed by atoms with van der Waals surface area (Å²) in [4.78, 5) is 28.0. The molecule has 35 heavy (non-hydrogen) atoms. The topological polar surface area (TPSA) is 83.7 Å². The second-order valence-electron chi connectivity index (χ2n) is 9.59. The molecule has 2 N–H and O–H groups in total. The van der Waals surface area contributed by atoms with Crippen LogP contribution in [0.3, 0.4) is 0 Å². The van der Waals surface area contributed by atoms with Gasteiger partial charge in [-0.05, 0) is 59.7 Å². The average Bonchev–Trinajstić information content (AvgIpc) is 3.53. The lowest BCUT2D eigenvalue weighted by molar-refractivity contribution is -0.118. The zero-order valence-corrected chi connectivity index (χ0v) is 20.3. The van der Waals surface area contributed by atoms with Gasteiger partial charge in [-0.15, -0.1) is 0 Å². The molecule has 2 aromatic heterocycles. The first-order valence-electron chi connectivity index (χ1n) is 12.7. The lowest BCUT2D eigenvalue weighted by Gasteiger charge is -2.25. The van der Waals surface area contributed by atoms with Crippen LogP contribution in [-0.2, 0) is 37.1 Å². The van der Waals surface area contributed by atoms with Crippen LogP contribution >= 0.6 is 0 Å². The summed E-state index contributed by atoms with van der Waals surface area (Å²) in [5, 5.41) is 0. The fourth-order valence-corrected chi connectivity index (χ4v) is 5.18. The Morgan fingerprint density at radius 3 is 2.77 bits per heavy atom. The van der Waals surface area contributed by atoms with E-state index in [1.54, 1.807) is 0 Å². The molecule has 0 fully saturated rings. The fourth-order valence-electron chi connectivity index (χ4n) is 5.18.